The summed E-state index contributed by atoms with van der Waals surface area (Å²) in [7, 11) is 0. The minimum Gasteiger partial charge on any atom is -0.427 e. The summed E-state index contributed by atoms with van der Waals surface area (Å²) >= 11 is 0. The number of rotatable bonds is 14. The molecule has 1 aromatic heterocycles. The van der Waals surface area contributed by atoms with Gasteiger partial charge in [-0.3, -0.25) is 0 Å². The van der Waals surface area contributed by atoms with Crippen molar-refractivity contribution in [1.82, 2.24) is 0 Å². The molecule has 0 saturated heterocycles. The smallest absolute Gasteiger partial charge is 0.346 e. The summed E-state index contributed by atoms with van der Waals surface area (Å²) in [6, 6.07) is 14.0. The van der Waals surface area contributed by atoms with Gasteiger partial charge in [-0.1, -0.05) is 80.8 Å². The van der Waals surface area contributed by atoms with Crippen molar-refractivity contribution in [2.24, 2.45) is 0 Å². The molecule has 180 valence electrons. The van der Waals surface area contributed by atoms with E-state index in [1.807, 2.05) is 24.3 Å². The maximum Gasteiger partial charge on any atom is 0.346 e. The van der Waals surface area contributed by atoms with Crippen molar-refractivity contribution in [3.8, 4) is 0 Å². The first kappa shape index (κ1) is 25.7. The Morgan fingerprint density at radius 3 is 2.32 bits per heavy atom. The summed E-state index contributed by atoms with van der Waals surface area (Å²) in [5.41, 5.74) is 2.46. The van der Waals surface area contributed by atoms with Crippen LogP contribution in [0.25, 0.3) is 10.8 Å². The van der Waals surface area contributed by atoms with Crippen LogP contribution in [0, 0.1) is 5.82 Å². The van der Waals surface area contributed by atoms with Crippen molar-refractivity contribution < 1.29 is 8.81 Å². The molecule has 3 rings (SSSR count). The number of allylic oxidation sites excluding steroid dienone is 3. The van der Waals surface area contributed by atoms with E-state index >= 15 is 4.39 Å². The number of aryl methyl sites for hydroxylation is 4. The van der Waals surface area contributed by atoms with Crippen LogP contribution in [0.2, 0.25) is 0 Å². The highest BCUT2D eigenvalue weighted by Gasteiger charge is 2.13. The Morgan fingerprint density at radius 2 is 1.59 bits per heavy atom. The Bertz CT molecular complexity index is 1140. The lowest BCUT2D eigenvalue weighted by Gasteiger charge is -2.08. The van der Waals surface area contributed by atoms with Crippen LogP contribution in [0.1, 0.15) is 74.3 Å². The van der Waals surface area contributed by atoms with Gasteiger partial charge in [-0.05, 0) is 73.1 Å². The zero-order valence-electron chi connectivity index (χ0n) is 20.5. The van der Waals surface area contributed by atoms with Crippen molar-refractivity contribution >= 4 is 10.8 Å². The fourth-order valence-electron chi connectivity index (χ4n) is 4.23. The van der Waals surface area contributed by atoms with Crippen LogP contribution in [0.15, 0.2) is 76.5 Å². The van der Waals surface area contributed by atoms with Crippen molar-refractivity contribution in [1.29, 1.82) is 0 Å². The lowest BCUT2D eigenvalue weighted by molar-refractivity contribution is 0.453. The van der Waals surface area contributed by atoms with Crippen molar-refractivity contribution in [3.63, 3.8) is 0 Å². The predicted molar refractivity (Wildman–Crippen MR) is 141 cm³/mol. The summed E-state index contributed by atoms with van der Waals surface area (Å²) < 4.78 is 20.6. The van der Waals surface area contributed by atoms with Crippen LogP contribution in [0.5, 0.6) is 0 Å². The van der Waals surface area contributed by atoms with E-state index in [9.17, 15) is 4.79 Å². The van der Waals surface area contributed by atoms with Crippen molar-refractivity contribution in [2.75, 3.05) is 0 Å². The topological polar surface area (TPSA) is 30.2 Å². The molecule has 0 aliphatic rings. The Hall–Kier alpha value is -2.94. The van der Waals surface area contributed by atoms with E-state index in [0.717, 1.165) is 57.8 Å². The van der Waals surface area contributed by atoms with Crippen LogP contribution >= 0.6 is 0 Å². The van der Waals surface area contributed by atoms with Gasteiger partial charge in [-0.15, -0.1) is 6.58 Å². The highest BCUT2D eigenvalue weighted by Crippen LogP contribution is 2.22. The third-order valence-corrected chi connectivity index (χ3v) is 6.29. The molecule has 0 saturated carbocycles. The summed E-state index contributed by atoms with van der Waals surface area (Å²) in [5, 5.41) is 0.706. The second-order valence-corrected chi connectivity index (χ2v) is 9.01. The Kier molecular flexibility index (Phi) is 10.3. The molecule has 3 aromatic rings. The molecular formula is C31H37FO2. The van der Waals surface area contributed by atoms with Crippen LogP contribution in [0.4, 0.5) is 4.39 Å². The minimum absolute atomic E-state index is 0.0753. The molecule has 2 aromatic carbocycles. The molecule has 0 aliphatic heterocycles. The zero-order valence-corrected chi connectivity index (χ0v) is 20.5. The largest absolute Gasteiger partial charge is 0.427 e. The number of benzene rings is 2. The molecule has 0 atom stereocenters. The van der Waals surface area contributed by atoms with E-state index in [1.165, 1.54) is 17.5 Å². The summed E-state index contributed by atoms with van der Waals surface area (Å²) in [6.45, 7) is 5.90. The fraction of sp³-hybridized carbons (Fsp3) is 0.387. The molecule has 0 aliphatic carbocycles. The first-order valence-corrected chi connectivity index (χ1v) is 12.7. The summed E-state index contributed by atoms with van der Waals surface area (Å²) in [6.07, 6.45) is 16.9. The highest BCUT2D eigenvalue weighted by atomic mass is 19.1. The molecule has 2 nitrogen and oxygen atoms in total. The maximum atomic E-state index is 15.2. The van der Waals surface area contributed by atoms with Gasteiger partial charge in [0.15, 0.2) is 0 Å². The average molecular weight is 461 g/mol. The molecule has 0 unspecified atom stereocenters. The predicted octanol–water partition coefficient (Wildman–Crippen LogP) is 8.30. The van der Waals surface area contributed by atoms with Gasteiger partial charge < -0.3 is 4.42 Å². The molecule has 0 fully saturated rings. The van der Waals surface area contributed by atoms with Gasteiger partial charge in [0.05, 0.1) is 0 Å². The molecule has 1 heterocycles. The van der Waals surface area contributed by atoms with E-state index in [0.29, 0.717) is 23.1 Å². The summed E-state index contributed by atoms with van der Waals surface area (Å²) in [5.74, 6) is 0.205. The van der Waals surface area contributed by atoms with E-state index in [4.69, 9.17) is 4.42 Å². The molecule has 0 N–H and O–H groups in total. The monoisotopic (exact) mass is 460 g/mol. The molecule has 0 amide bonds. The third-order valence-electron chi connectivity index (χ3n) is 6.29. The zero-order chi connectivity index (χ0) is 24.2. The lowest BCUT2D eigenvalue weighted by atomic mass is 9.99. The van der Waals surface area contributed by atoms with Crippen molar-refractivity contribution in [3.05, 3.63) is 106 Å². The molecule has 3 heteroatoms. The SMILES string of the molecule is C=CCC/C=C/CCc1ccc(CCc2ccc3cc(CCCCCC)oc(=O)c3c2F)cc1. The molecule has 0 radical (unpaired) electrons. The first-order chi connectivity index (χ1) is 16.6. The quantitative estimate of drug-likeness (QED) is 0.179. The number of hydrogen-bond acceptors (Lipinski definition) is 2. The molecular weight excluding hydrogens is 423 g/mol. The van der Waals surface area contributed by atoms with E-state index in [-0.39, 0.29) is 5.39 Å². The van der Waals surface area contributed by atoms with Crippen LogP contribution in [0.3, 0.4) is 0 Å². The van der Waals surface area contributed by atoms with E-state index < -0.39 is 11.4 Å². The number of fused-ring (bicyclic) bond motifs is 1. The van der Waals surface area contributed by atoms with Gasteiger partial charge >= 0.3 is 5.63 Å². The second-order valence-electron chi connectivity index (χ2n) is 9.01. The Balaban J connectivity index is 1.59. The van der Waals surface area contributed by atoms with Crippen LogP contribution < -0.4 is 5.63 Å². The van der Waals surface area contributed by atoms with Gasteiger partial charge in [0.25, 0.3) is 0 Å². The van der Waals surface area contributed by atoms with Gasteiger partial charge in [0.2, 0.25) is 0 Å². The molecule has 0 spiro atoms. The second kappa shape index (κ2) is 13.7. The van der Waals surface area contributed by atoms with E-state index in [1.54, 1.807) is 0 Å². The standard InChI is InChI=1S/C31H37FO2/c1-3-5-7-9-10-11-13-24-15-17-25(18-16-24)19-20-26-21-22-27-23-28(14-12-8-6-4-2)34-31(33)29(27)30(26)32/h3,9-10,15-18,21-23H,1,4-8,11-14,19-20H2,2H3/b10-9+. The Labute approximate surface area is 203 Å². The van der Waals surface area contributed by atoms with Crippen LogP contribution in [-0.2, 0) is 25.7 Å². The average Bonchev–Trinajstić information content (AvgIpc) is 2.84. The molecule has 0 bridgehead atoms. The fourth-order valence-corrected chi connectivity index (χ4v) is 4.23. The normalized spacial score (nSPS) is 11.5. The van der Waals surface area contributed by atoms with Gasteiger partial charge in [-0.2, -0.15) is 0 Å². The number of hydrogen-bond donors (Lipinski definition) is 0. The summed E-state index contributed by atoms with van der Waals surface area (Å²) in [4.78, 5) is 12.5. The third kappa shape index (κ3) is 7.55. The molecule has 34 heavy (non-hydrogen) atoms. The number of unbranched alkanes of at least 4 members (excludes halogenated alkanes) is 4. The van der Waals surface area contributed by atoms with Gasteiger partial charge in [0.1, 0.15) is 17.0 Å². The van der Waals surface area contributed by atoms with Crippen molar-refractivity contribution in [2.45, 2.75) is 77.6 Å². The van der Waals surface area contributed by atoms with Gasteiger partial charge in [0, 0.05) is 6.42 Å². The minimum atomic E-state index is -0.565. The highest BCUT2D eigenvalue weighted by molar-refractivity contribution is 5.82. The number of halogens is 1. The lowest BCUT2D eigenvalue weighted by Crippen LogP contribution is -2.07. The van der Waals surface area contributed by atoms with Gasteiger partial charge in [-0.25, -0.2) is 9.18 Å². The maximum absolute atomic E-state index is 15.2. The van der Waals surface area contributed by atoms with E-state index in [2.05, 4.69) is 49.9 Å². The van der Waals surface area contributed by atoms with Crippen LogP contribution in [-0.4, -0.2) is 0 Å². The Morgan fingerprint density at radius 1 is 0.853 bits per heavy atom. The first-order valence-electron chi connectivity index (χ1n) is 12.7.